The lowest BCUT2D eigenvalue weighted by molar-refractivity contribution is 0.521. The monoisotopic (exact) mass is 292 g/mol. The van der Waals surface area contributed by atoms with Crippen LogP contribution in [0.4, 0.5) is 0 Å². The van der Waals surface area contributed by atoms with Gasteiger partial charge in [-0.05, 0) is 43.8 Å². The highest BCUT2D eigenvalue weighted by atomic mass is 32.1. The summed E-state index contributed by atoms with van der Waals surface area (Å²) in [6.07, 6.45) is 8.85. The van der Waals surface area contributed by atoms with Crippen molar-refractivity contribution in [3.05, 3.63) is 28.7 Å². The minimum atomic E-state index is 0.463. The molecule has 100 valence electrons. The lowest BCUT2D eigenvalue weighted by atomic mass is 10.0. The van der Waals surface area contributed by atoms with Gasteiger partial charge in [0.05, 0.1) is 5.71 Å². The van der Waals surface area contributed by atoms with Crippen LogP contribution in [0.25, 0.3) is 0 Å². The van der Waals surface area contributed by atoms with E-state index in [0.717, 1.165) is 16.6 Å². The van der Waals surface area contributed by atoms with Crippen molar-refractivity contribution in [3.8, 4) is 0 Å². The van der Waals surface area contributed by atoms with Crippen molar-refractivity contribution >= 4 is 34.4 Å². The molecule has 0 aromatic carbocycles. The summed E-state index contributed by atoms with van der Waals surface area (Å²) in [6.45, 7) is 1.93. The van der Waals surface area contributed by atoms with E-state index in [0.29, 0.717) is 17.1 Å². The second kappa shape index (κ2) is 5.38. The summed E-state index contributed by atoms with van der Waals surface area (Å²) in [6, 6.07) is 0.463. The van der Waals surface area contributed by atoms with E-state index in [2.05, 4.69) is 33.0 Å². The van der Waals surface area contributed by atoms with E-state index < -0.39 is 0 Å². The highest BCUT2D eigenvalue weighted by Crippen LogP contribution is 2.38. The van der Waals surface area contributed by atoms with Crippen LogP contribution in [0.1, 0.15) is 24.8 Å². The van der Waals surface area contributed by atoms with Crippen molar-refractivity contribution in [2.45, 2.75) is 25.8 Å². The summed E-state index contributed by atoms with van der Waals surface area (Å²) in [4.78, 5) is 4.20. The van der Waals surface area contributed by atoms with Crippen LogP contribution in [0.2, 0.25) is 0 Å². The van der Waals surface area contributed by atoms with Gasteiger partial charge < -0.3 is 5.32 Å². The number of hydrogen-bond donors (Lipinski definition) is 2. The standard InChI is InChI=1S/C13H16N4S2/c1-8(12-14-4-5-19-12)16-17-13(18)15-11-7-9-2-3-10(11)6-9/h2-5,9-11H,6-7H2,1H3,(H2,15,17,18). The molecule has 0 amide bonds. The van der Waals surface area contributed by atoms with Crippen molar-refractivity contribution in [1.82, 2.24) is 15.7 Å². The molecule has 1 aromatic heterocycles. The molecular formula is C13H16N4S2. The fourth-order valence-electron chi connectivity index (χ4n) is 2.73. The van der Waals surface area contributed by atoms with E-state index >= 15 is 0 Å². The second-order valence-corrected chi connectivity index (χ2v) is 6.31. The average molecular weight is 292 g/mol. The maximum Gasteiger partial charge on any atom is 0.187 e. The SMILES string of the molecule is CC(=NNC(=S)NC1CC2C=CC1C2)c1nccs1. The van der Waals surface area contributed by atoms with E-state index in [4.69, 9.17) is 12.2 Å². The maximum atomic E-state index is 5.28. The van der Waals surface area contributed by atoms with Crippen LogP contribution in [0.15, 0.2) is 28.8 Å². The Morgan fingerprint density at radius 3 is 3.00 bits per heavy atom. The first-order valence-electron chi connectivity index (χ1n) is 6.41. The summed E-state index contributed by atoms with van der Waals surface area (Å²) in [7, 11) is 0. The van der Waals surface area contributed by atoms with Gasteiger partial charge in [0.2, 0.25) is 0 Å². The number of hydrazone groups is 1. The van der Waals surface area contributed by atoms with Crippen molar-refractivity contribution in [2.75, 3.05) is 0 Å². The quantitative estimate of drug-likeness (QED) is 0.388. The molecule has 3 unspecified atom stereocenters. The molecule has 3 rings (SSSR count). The van der Waals surface area contributed by atoms with Gasteiger partial charge in [-0.15, -0.1) is 11.3 Å². The number of nitrogens with zero attached hydrogens (tertiary/aromatic N) is 2. The molecule has 2 N–H and O–H groups in total. The molecule has 1 fully saturated rings. The Kier molecular flexibility index (Phi) is 3.61. The zero-order chi connectivity index (χ0) is 13.2. The third-order valence-electron chi connectivity index (χ3n) is 3.66. The molecule has 1 saturated carbocycles. The molecule has 1 heterocycles. The van der Waals surface area contributed by atoms with Gasteiger partial charge in [0.1, 0.15) is 5.01 Å². The normalized spacial score (nSPS) is 28.7. The summed E-state index contributed by atoms with van der Waals surface area (Å²) < 4.78 is 0. The van der Waals surface area contributed by atoms with E-state index in [9.17, 15) is 0 Å². The summed E-state index contributed by atoms with van der Waals surface area (Å²) in [5, 5.41) is 11.1. The minimum absolute atomic E-state index is 0.463. The number of allylic oxidation sites excluding steroid dienone is 1. The summed E-state index contributed by atoms with van der Waals surface area (Å²) in [5.41, 5.74) is 3.76. The molecule has 2 aliphatic carbocycles. The maximum absolute atomic E-state index is 5.28. The number of fused-ring (bicyclic) bond motifs is 2. The van der Waals surface area contributed by atoms with Crippen molar-refractivity contribution in [2.24, 2.45) is 16.9 Å². The van der Waals surface area contributed by atoms with Crippen LogP contribution in [0.3, 0.4) is 0 Å². The fourth-order valence-corrected chi connectivity index (χ4v) is 3.52. The number of hydrogen-bond acceptors (Lipinski definition) is 4. The molecule has 2 aliphatic rings. The highest BCUT2D eigenvalue weighted by Gasteiger charge is 2.35. The van der Waals surface area contributed by atoms with Crippen LogP contribution in [0, 0.1) is 11.8 Å². The first-order valence-corrected chi connectivity index (χ1v) is 7.70. The van der Waals surface area contributed by atoms with Crippen molar-refractivity contribution < 1.29 is 0 Å². The first-order chi connectivity index (χ1) is 9.22. The van der Waals surface area contributed by atoms with Crippen molar-refractivity contribution in [1.29, 1.82) is 0 Å². The zero-order valence-electron chi connectivity index (χ0n) is 10.7. The molecule has 0 saturated heterocycles. The lowest BCUT2D eigenvalue weighted by Gasteiger charge is -2.20. The molecule has 3 atom stereocenters. The van der Waals surface area contributed by atoms with E-state index in [1.807, 2.05) is 12.3 Å². The third-order valence-corrected chi connectivity index (χ3v) is 4.75. The number of aromatic nitrogens is 1. The lowest BCUT2D eigenvalue weighted by Crippen LogP contribution is -2.42. The van der Waals surface area contributed by atoms with Crippen LogP contribution < -0.4 is 10.7 Å². The molecule has 4 nitrogen and oxygen atoms in total. The van der Waals surface area contributed by atoms with Crippen LogP contribution in [-0.2, 0) is 0 Å². The van der Waals surface area contributed by atoms with Gasteiger partial charge in [0, 0.05) is 17.6 Å². The molecule has 1 aromatic rings. The third kappa shape index (κ3) is 2.84. The van der Waals surface area contributed by atoms with Gasteiger partial charge >= 0.3 is 0 Å². The van der Waals surface area contributed by atoms with Gasteiger partial charge in [0.15, 0.2) is 5.11 Å². The topological polar surface area (TPSA) is 49.3 Å². The fraction of sp³-hybridized carbons (Fsp3) is 0.462. The van der Waals surface area contributed by atoms with E-state index in [1.165, 1.54) is 12.8 Å². The van der Waals surface area contributed by atoms with Crippen LogP contribution in [-0.4, -0.2) is 21.8 Å². The Bertz CT molecular complexity index is 521. The Morgan fingerprint density at radius 2 is 2.37 bits per heavy atom. The summed E-state index contributed by atoms with van der Waals surface area (Å²) >= 11 is 6.85. The Hall–Kier alpha value is -1.27. The van der Waals surface area contributed by atoms with Gasteiger partial charge in [-0.1, -0.05) is 12.2 Å². The molecule has 0 radical (unpaired) electrons. The Labute approximate surface area is 122 Å². The zero-order valence-corrected chi connectivity index (χ0v) is 12.3. The van der Waals surface area contributed by atoms with Crippen molar-refractivity contribution in [3.63, 3.8) is 0 Å². The molecular weight excluding hydrogens is 276 g/mol. The van der Waals surface area contributed by atoms with Gasteiger partial charge in [-0.2, -0.15) is 5.10 Å². The van der Waals surface area contributed by atoms with E-state index in [-0.39, 0.29) is 0 Å². The van der Waals surface area contributed by atoms with Crippen LogP contribution in [0.5, 0.6) is 0 Å². The van der Waals surface area contributed by atoms with Gasteiger partial charge in [-0.3, -0.25) is 5.43 Å². The molecule has 19 heavy (non-hydrogen) atoms. The van der Waals surface area contributed by atoms with Gasteiger partial charge in [0.25, 0.3) is 0 Å². The number of rotatable bonds is 3. The Balaban J connectivity index is 1.52. The predicted octanol–water partition coefficient (Wildman–Crippen LogP) is 2.30. The molecule has 0 aliphatic heterocycles. The van der Waals surface area contributed by atoms with E-state index in [1.54, 1.807) is 17.5 Å². The predicted molar refractivity (Wildman–Crippen MR) is 82.3 cm³/mol. The molecule has 0 spiro atoms. The minimum Gasteiger partial charge on any atom is -0.358 e. The number of thiocarbonyl (C=S) groups is 1. The Morgan fingerprint density at radius 1 is 1.47 bits per heavy atom. The highest BCUT2D eigenvalue weighted by molar-refractivity contribution is 7.80. The second-order valence-electron chi connectivity index (χ2n) is 5.01. The first kappa shape index (κ1) is 12.7. The van der Waals surface area contributed by atoms with Crippen LogP contribution >= 0.6 is 23.6 Å². The molecule has 2 bridgehead atoms. The number of nitrogens with one attached hydrogen (secondary N) is 2. The summed E-state index contributed by atoms with van der Waals surface area (Å²) in [5.74, 6) is 1.37. The average Bonchev–Trinajstić information content (AvgIpc) is 3.12. The largest absolute Gasteiger partial charge is 0.358 e. The van der Waals surface area contributed by atoms with Gasteiger partial charge in [-0.25, -0.2) is 4.98 Å². The smallest absolute Gasteiger partial charge is 0.187 e. The molecule has 6 heteroatoms. The number of thiazole rings is 1.